The summed E-state index contributed by atoms with van der Waals surface area (Å²) in [4.78, 5) is 32.9. The number of carbonyl (C=O) groups is 3. The van der Waals surface area contributed by atoms with Crippen LogP contribution in [0.25, 0.3) is 0 Å². The quantitative estimate of drug-likeness (QED) is 0.414. The first-order valence-corrected chi connectivity index (χ1v) is 5.70. The second-order valence-electron chi connectivity index (χ2n) is 3.95. The van der Waals surface area contributed by atoms with Crippen LogP contribution in [0.2, 0.25) is 0 Å². The van der Waals surface area contributed by atoms with Gasteiger partial charge in [0, 0.05) is 20.8 Å². The van der Waals surface area contributed by atoms with Gasteiger partial charge in [-0.25, -0.2) is 0 Å². The van der Waals surface area contributed by atoms with E-state index in [1.54, 1.807) is 0 Å². The topological polar surface area (TPSA) is 88.1 Å². The highest BCUT2D eigenvalue weighted by Gasteiger charge is 2.37. The second kappa shape index (κ2) is 6.77. The molecule has 0 fully saturated rings. The highest BCUT2D eigenvalue weighted by molar-refractivity contribution is 5.68. The Morgan fingerprint density at radius 1 is 1.05 bits per heavy atom. The van der Waals surface area contributed by atoms with Crippen molar-refractivity contribution in [3.63, 3.8) is 0 Å². The third kappa shape index (κ3) is 4.99. The molecule has 0 saturated carbocycles. The van der Waals surface area contributed by atoms with Gasteiger partial charge in [-0.1, -0.05) is 0 Å². The average Bonchev–Trinajstić information content (AvgIpc) is 2.28. The van der Waals surface area contributed by atoms with E-state index in [9.17, 15) is 14.4 Å². The lowest BCUT2D eigenvalue weighted by molar-refractivity contribution is -0.178. The van der Waals surface area contributed by atoms with E-state index in [4.69, 9.17) is 18.9 Å². The van der Waals surface area contributed by atoms with Gasteiger partial charge in [-0.15, -0.1) is 0 Å². The van der Waals surface area contributed by atoms with Crippen LogP contribution in [0, 0.1) is 0 Å². The van der Waals surface area contributed by atoms with Crippen molar-refractivity contribution >= 4 is 17.9 Å². The van der Waals surface area contributed by atoms with Gasteiger partial charge in [-0.3, -0.25) is 14.4 Å². The van der Waals surface area contributed by atoms with Crippen LogP contribution >= 0.6 is 0 Å². The number of rotatable bonds is 4. The number of carbonyl (C=O) groups excluding carboxylic acids is 3. The van der Waals surface area contributed by atoms with Crippen molar-refractivity contribution in [1.29, 1.82) is 0 Å². The molecule has 0 unspecified atom stereocenters. The highest BCUT2D eigenvalue weighted by Crippen LogP contribution is 2.19. The molecular weight excluding hydrogens is 257 g/mol. The fraction of sp³-hybridized carbons (Fsp3) is 0.583. The van der Waals surface area contributed by atoms with Gasteiger partial charge < -0.3 is 18.9 Å². The van der Waals surface area contributed by atoms with Crippen molar-refractivity contribution < 1.29 is 33.3 Å². The fourth-order valence-electron chi connectivity index (χ4n) is 1.59. The molecule has 0 aromatic rings. The zero-order chi connectivity index (χ0) is 14.4. The van der Waals surface area contributed by atoms with E-state index in [2.05, 4.69) is 0 Å². The molecule has 0 aliphatic carbocycles. The molecular formula is C12H16O7. The molecule has 19 heavy (non-hydrogen) atoms. The molecule has 7 heteroatoms. The Hall–Kier alpha value is -2.05. The van der Waals surface area contributed by atoms with Gasteiger partial charge in [0.25, 0.3) is 0 Å². The minimum Gasteiger partial charge on any atom is -0.491 e. The molecule has 106 valence electrons. The molecule has 0 N–H and O–H groups in total. The van der Waals surface area contributed by atoms with Crippen LogP contribution in [-0.2, 0) is 33.3 Å². The van der Waals surface area contributed by atoms with Gasteiger partial charge in [-0.05, 0) is 6.08 Å². The lowest BCUT2D eigenvalue weighted by Crippen LogP contribution is -2.47. The van der Waals surface area contributed by atoms with Crippen LogP contribution < -0.4 is 0 Å². The molecule has 1 rings (SSSR count). The minimum atomic E-state index is -0.856. The van der Waals surface area contributed by atoms with Crippen molar-refractivity contribution in [2.45, 2.75) is 39.1 Å². The summed E-state index contributed by atoms with van der Waals surface area (Å²) in [5.41, 5.74) is 0. The fourth-order valence-corrected chi connectivity index (χ4v) is 1.59. The maximum Gasteiger partial charge on any atom is 0.303 e. The molecule has 7 nitrogen and oxygen atoms in total. The van der Waals surface area contributed by atoms with Crippen molar-refractivity contribution in [2.75, 3.05) is 6.61 Å². The Labute approximate surface area is 110 Å². The van der Waals surface area contributed by atoms with Gasteiger partial charge in [0.05, 0.1) is 6.26 Å². The molecule has 0 aromatic heterocycles. The van der Waals surface area contributed by atoms with E-state index in [-0.39, 0.29) is 6.61 Å². The molecule has 0 bridgehead atoms. The number of esters is 3. The minimum absolute atomic E-state index is 0.102. The van der Waals surface area contributed by atoms with Gasteiger partial charge in [0.15, 0.2) is 18.3 Å². The van der Waals surface area contributed by atoms with Crippen LogP contribution in [0.3, 0.4) is 0 Å². The zero-order valence-corrected chi connectivity index (χ0v) is 11.0. The largest absolute Gasteiger partial charge is 0.491 e. The van der Waals surface area contributed by atoms with E-state index < -0.39 is 36.2 Å². The van der Waals surface area contributed by atoms with Crippen LogP contribution in [0.1, 0.15) is 20.8 Å². The molecule has 0 amide bonds. The Kier molecular flexibility index (Phi) is 5.35. The van der Waals surface area contributed by atoms with Crippen molar-refractivity contribution in [3.05, 3.63) is 12.3 Å². The Balaban J connectivity index is 2.77. The van der Waals surface area contributed by atoms with Gasteiger partial charge >= 0.3 is 17.9 Å². The number of hydrogen-bond acceptors (Lipinski definition) is 7. The third-order valence-electron chi connectivity index (χ3n) is 2.27. The van der Waals surface area contributed by atoms with Gasteiger partial charge in [0.1, 0.15) is 6.61 Å². The maximum atomic E-state index is 11.1. The molecule has 0 radical (unpaired) electrons. The number of hydrogen-bond donors (Lipinski definition) is 0. The summed E-state index contributed by atoms with van der Waals surface area (Å²) in [6, 6.07) is 0. The lowest BCUT2D eigenvalue weighted by Gasteiger charge is -2.32. The normalized spacial score (nSPS) is 25.1. The summed E-state index contributed by atoms with van der Waals surface area (Å²) in [6.45, 7) is 3.62. The summed E-state index contributed by atoms with van der Waals surface area (Å²) in [5, 5.41) is 0. The van der Waals surface area contributed by atoms with E-state index in [0.717, 1.165) is 0 Å². The summed E-state index contributed by atoms with van der Waals surface area (Å²) < 4.78 is 20.1. The first-order valence-electron chi connectivity index (χ1n) is 5.70. The second-order valence-corrected chi connectivity index (χ2v) is 3.95. The van der Waals surface area contributed by atoms with E-state index in [1.165, 1.54) is 33.1 Å². The van der Waals surface area contributed by atoms with Crippen LogP contribution in [0.5, 0.6) is 0 Å². The van der Waals surface area contributed by atoms with E-state index in [0.29, 0.717) is 0 Å². The van der Waals surface area contributed by atoms with Crippen LogP contribution in [-0.4, -0.2) is 42.8 Å². The van der Waals surface area contributed by atoms with Gasteiger partial charge in [0.2, 0.25) is 0 Å². The Morgan fingerprint density at radius 3 is 2.21 bits per heavy atom. The average molecular weight is 273 g/mol. The molecule has 1 aliphatic heterocycles. The monoisotopic (exact) mass is 273 g/mol. The van der Waals surface area contributed by atoms with Crippen molar-refractivity contribution in [1.82, 2.24) is 0 Å². The van der Waals surface area contributed by atoms with Crippen LogP contribution in [0.15, 0.2) is 12.3 Å². The van der Waals surface area contributed by atoms with Gasteiger partial charge in [-0.2, -0.15) is 0 Å². The maximum absolute atomic E-state index is 11.1. The third-order valence-corrected chi connectivity index (χ3v) is 2.27. The standard InChI is InChI=1S/C12H16O7/c1-7(13)17-6-11-12(19-9(3)15)10(4-5-16-11)18-8(2)14/h4-5,10-12H,6H2,1-3H3/t10-,11-,12+/m1/s1/i6+1. The smallest absolute Gasteiger partial charge is 0.303 e. The molecule has 3 atom stereocenters. The van der Waals surface area contributed by atoms with Crippen molar-refractivity contribution in [2.24, 2.45) is 0 Å². The molecule has 0 saturated heterocycles. The Bertz CT molecular complexity index is 388. The SMILES string of the molecule is CC(=O)O[13CH2][C@H]1OC=C[C@@H](OC(C)=O)[C@@H]1OC(C)=O. The summed E-state index contributed by atoms with van der Waals surface area (Å²) in [5.74, 6) is -1.54. The molecule has 0 spiro atoms. The zero-order valence-electron chi connectivity index (χ0n) is 11.0. The first kappa shape index (κ1) is 15.0. The predicted octanol–water partition coefficient (Wildman–Crippen LogP) is 0.325. The first-order chi connectivity index (χ1) is 8.90. The van der Waals surface area contributed by atoms with Crippen molar-refractivity contribution in [3.8, 4) is 0 Å². The molecule has 1 aliphatic rings. The molecule has 0 aromatic carbocycles. The Morgan fingerprint density at radius 2 is 1.68 bits per heavy atom. The highest BCUT2D eigenvalue weighted by atomic mass is 16.6. The predicted molar refractivity (Wildman–Crippen MR) is 61.8 cm³/mol. The summed E-state index contributed by atoms with van der Waals surface area (Å²) in [6.07, 6.45) is 0.435. The summed E-state index contributed by atoms with van der Waals surface area (Å²) in [7, 11) is 0. The van der Waals surface area contributed by atoms with E-state index >= 15 is 0 Å². The van der Waals surface area contributed by atoms with E-state index in [1.807, 2.05) is 0 Å². The number of ether oxygens (including phenoxy) is 4. The lowest BCUT2D eigenvalue weighted by atomic mass is 10.1. The van der Waals surface area contributed by atoms with Crippen LogP contribution in [0.4, 0.5) is 0 Å². The summed E-state index contributed by atoms with van der Waals surface area (Å²) >= 11 is 0. The molecule has 1 heterocycles.